The van der Waals surface area contributed by atoms with Gasteiger partial charge in [0.2, 0.25) is 0 Å². The predicted octanol–water partition coefficient (Wildman–Crippen LogP) is 2.99. The summed E-state index contributed by atoms with van der Waals surface area (Å²) in [6.07, 6.45) is 9.45. The molecule has 2 unspecified atom stereocenters. The van der Waals surface area contributed by atoms with Gasteiger partial charge < -0.3 is 14.8 Å². The van der Waals surface area contributed by atoms with Gasteiger partial charge >= 0.3 is 0 Å². The van der Waals surface area contributed by atoms with E-state index in [9.17, 15) is 0 Å². The van der Waals surface area contributed by atoms with Crippen LogP contribution >= 0.6 is 0 Å². The molecule has 2 atom stereocenters. The monoisotopic (exact) mass is 257 g/mol. The molecule has 3 nitrogen and oxygen atoms in total. The molecule has 3 heteroatoms. The first-order valence-corrected chi connectivity index (χ1v) is 7.66. The van der Waals surface area contributed by atoms with Crippen molar-refractivity contribution in [3.8, 4) is 0 Å². The molecular formula is C15H31NO2. The van der Waals surface area contributed by atoms with Crippen molar-refractivity contribution in [3.05, 3.63) is 0 Å². The second-order valence-electron chi connectivity index (χ2n) is 5.39. The van der Waals surface area contributed by atoms with Gasteiger partial charge in [-0.2, -0.15) is 0 Å². The highest BCUT2D eigenvalue weighted by molar-refractivity contribution is 4.74. The quantitative estimate of drug-likeness (QED) is 0.509. The molecule has 18 heavy (non-hydrogen) atoms. The molecule has 0 heterocycles. The number of rotatable bonds is 9. The lowest BCUT2D eigenvalue weighted by Gasteiger charge is -2.16. The third kappa shape index (κ3) is 7.34. The first-order chi connectivity index (χ1) is 8.86. The van der Waals surface area contributed by atoms with Gasteiger partial charge in [-0.3, -0.25) is 0 Å². The topological polar surface area (TPSA) is 30.5 Å². The summed E-state index contributed by atoms with van der Waals surface area (Å²) in [5, 5.41) is 3.69. The molecule has 1 N–H and O–H groups in total. The molecule has 0 bridgehead atoms. The Kier molecular flexibility index (Phi) is 9.54. The Morgan fingerprint density at radius 2 is 1.94 bits per heavy atom. The normalized spacial score (nSPS) is 25.0. The van der Waals surface area contributed by atoms with E-state index in [0.29, 0.717) is 6.61 Å². The zero-order valence-electron chi connectivity index (χ0n) is 12.2. The summed E-state index contributed by atoms with van der Waals surface area (Å²) >= 11 is 0. The van der Waals surface area contributed by atoms with Crippen molar-refractivity contribution in [3.63, 3.8) is 0 Å². The lowest BCUT2D eigenvalue weighted by Crippen LogP contribution is -2.30. The maximum Gasteiger partial charge on any atom is 0.0700 e. The van der Waals surface area contributed by atoms with Gasteiger partial charge in [-0.25, -0.2) is 0 Å². The lowest BCUT2D eigenvalue weighted by molar-refractivity contribution is 0.0692. The van der Waals surface area contributed by atoms with Crippen molar-refractivity contribution in [1.29, 1.82) is 0 Å². The molecule has 1 aliphatic carbocycles. The van der Waals surface area contributed by atoms with E-state index in [2.05, 4.69) is 12.2 Å². The summed E-state index contributed by atoms with van der Waals surface area (Å²) in [4.78, 5) is 0. The van der Waals surface area contributed by atoms with Crippen molar-refractivity contribution >= 4 is 0 Å². The molecule has 1 rings (SSSR count). The third-order valence-electron chi connectivity index (χ3n) is 4.00. The predicted molar refractivity (Wildman–Crippen MR) is 76.0 cm³/mol. The highest BCUT2D eigenvalue weighted by Gasteiger charge is 2.16. The van der Waals surface area contributed by atoms with E-state index >= 15 is 0 Å². The molecule has 108 valence electrons. The lowest BCUT2D eigenvalue weighted by atomic mass is 9.98. The van der Waals surface area contributed by atoms with Crippen LogP contribution in [0, 0.1) is 5.92 Å². The van der Waals surface area contributed by atoms with Crippen LogP contribution in [0.15, 0.2) is 0 Å². The number of methoxy groups -OCH3 is 1. The van der Waals surface area contributed by atoms with E-state index in [1.165, 1.54) is 38.5 Å². The van der Waals surface area contributed by atoms with Gasteiger partial charge in [0, 0.05) is 19.8 Å². The van der Waals surface area contributed by atoms with E-state index in [4.69, 9.17) is 9.47 Å². The number of ether oxygens (including phenoxy) is 2. The minimum Gasteiger partial charge on any atom is -0.382 e. The SMILES string of the molecule is CCC1CCCC(NCCCOCCOC)CC1. The molecule has 0 radical (unpaired) electrons. The van der Waals surface area contributed by atoms with Crippen molar-refractivity contribution in [2.24, 2.45) is 5.92 Å². The average Bonchev–Trinajstić information content (AvgIpc) is 2.63. The van der Waals surface area contributed by atoms with E-state index in [0.717, 1.165) is 38.1 Å². The molecule has 1 fully saturated rings. The van der Waals surface area contributed by atoms with E-state index < -0.39 is 0 Å². The molecule has 0 saturated heterocycles. The van der Waals surface area contributed by atoms with E-state index in [-0.39, 0.29) is 0 Å². The van der Waals surface area contributed by atoms with Crippen LogP contribution in [0.3, 0.4) is 0 Å². The van der Waals surface area contributed by atoms with Gasteiger partial charge in [0.1, 0.15) is 0 Å². The standard InChI is InChI=1S/C15H31NO2/c1-3-14-6-4-7-15(9-8-14)16-10-5-11-18-13-12-17-2/h14-16H,3-13H2,1-2H3. The van der Waals surface area contributed by atoms with E-state index in [1.807, 2.05) is 0 Å². The smallest absolute Gasteiger partial charge is 0.0700 e. The summed E-state index contributed by atoms with van der Waals surface area (Å²) in [5.74, 6) is 0.981. The highest BCUT2D eigenvalue weighted by Crippen LogP contribution is 2.25. The molecule has 0 aromatic rings. The van der Waals surface area contributed by atoms with Crippen LogP contribution in [0.5, 0.6) is 0 Å². The van der Waals surface area contributed by atoms with Gasteiger partial charge in [0.25, 0.3) is 0 Å². The van der Waals surface area contributed by atoms with Crippen LogP contribution in [0.25, 0.3) is 0 Å². The van der Waals surface area contributed by atoms with Crippen LogP contribution in [0.4, 0.5) is 0 Å². The number of hydrogen-bond acceptors (Lipinski definition) is 3. The fourth-order valence-corrected chi connectivity index (χ4v) is 2.72. The van der Waals surface area contributed by atoms with Gasteiger partial charge in [-0.1, -0.05) is 26.2 Å². The summed E-state index contributed by atoms with van der Waals surface area (Å²) in [7, 11) is 1.71. The van der Waals surface area contributed by atoms with Crippen molar-refractivity contribution in [1.82, 2.24) is 5.32 Å². The molecular weight excluding hydrogens is 226 g/mol. The molecule has 0 aliphatic heterocycles. The first kappa shape index (κ1) is 15.9. The Hall–Kier alpha value is -0.120. The Labute approximate surface area is 113 Å². The highest BCUT2D eigenvalue weighted by atomic mass is 16.5. The van der Waals surface area contributed by atoms with Crippen LogP contribution in [-0.4, -0.2) is 39.5 Å². The largest absolute Gasteiger partial charge is 0.382 e. The fourth-order valence-electron chi connectivity index (χ4n) is 2.72. The number of hydrogen-bond donors (Lipinski definition) is 1. The zero-order valence-corrected chi connectivity index (χ0v) is 12.2. The van der Waals surface area contributed by atoms with E-state index in [1.54, 1.807) is 7.11 Å². The van der Waals surface area contributed by atoms with Gasteiger partial charge in [0.15, 0.2) is 0 Å². The summed E-state index contributed by atoms with van der Waals surface area (Å²) in [6.45, 7) is 5.69. The van der Waals surface area contributed by atoms with Crippen LogP contribution in [0.2, 0.25) is 0 Å². The molecule has 0 amide bonds. The average molecular weight is 257 g/mol. The molecule has 0 spiro atoms. The summed E-state index contributed by atoms with van der Waals surface area (Å²) in [6, 6.07) is 0.750. The molecule has 1 aliphatic rings. The van der Waals surface area contributed by atoms with Crippen molar-refractivity contribution in [2.45, 2.75) is 57.9 Å². The Morgan fingerprint density at radius 3 is 2.72 bits per heavy atom. The molecule has 1 saturated carbocycles. The minimum atomic E-state index is 0.703. The van der Waals surface area contributed by atoms with Crippen molar-refractivity contribution < 1.29 is 9.47 Å². The first-order valence-electron chi connectivity index (χ1n) is 7.66. The van der Waals surface area contributed by atoms with Crippen LogP contribution in [0.1, 0.15) is 51.9 Å². The Morgan fingerprint density at radius 1 is 1.06 bits per heavy atom. The fraction of sp³-hybridized carbons (Fsp3) is 1.00. The molecule has 0 aromatic heterocycles. The van der Waals surface area contributed by atoms with Crippen LogP contribution in [-0.2, 0) is 9.47 Å². The minimum absolute atomic E-state index is 0.703. The maximum absolute atomic E-state index is 5.46. The maximum atomic E-state index is 5.46. The Bertz CT molecular complexity index is 187. The third-order valence-corrected chi connectivity index (χ3v) is 4.00. The summed E-state index contributed by atoms with van der Waals surface area (Å²) < 4.78 is 10.4. The number of nitrogens with one attached hydrogen (secondary N) is 1. The van der Waals surface area contributed by atoms with Gasteiger partial charge in [0.05, 0.1) is 13.2 Å². The van der Waals surface area contributed by atoms with Crippen LogP contribution < -0.4 is 5.32 Å². The van der Waals surface area contributed by atoms with Crippen molar-refractivity contribution in [2.75, 3.05) is 33.5 Å². The Balaban J connectivity index is 1.95. The van der Waals surface area contributed by atoms with Gasteiger partial charge in [-0.15, -0.1) is 0 Å². The summed E-state index contributed by atoms with van der Waals surface area (Å²) in [5.41, 5.74) is 0. The second-order valence-corrected chi connectivity index (χ2v) is 5.39. The molecule has 0 aromatic carbocycles. The van der Waals surface area contributed by atoms with Gasteiger partial charge in [-0.05, 0) is 38.1 Å². The zero-order chi connectivity index (χ0) is 13.1. The second kappa shape index (κ2) is 10.8.